The van der Waals surface area contributed by atoms with Crippen molar-refractivity contribution in [3.05, 3.63) is 0 Å². The highest BCUT2D eigenvalue weighted by molar-refractivity contribution is 4.85. The molecule has 1 aliphatic heterocycles. The SMILES string of the molecule is CCCC1CN(CC2CCCC2)C(C)CN1. The Morgan fingerprint density at radius 3 is 2.69 bits per heavy atom. The van der Waals surface area contributed by atoms with Crippen LogP contribution in [0.5, 0.6) is 0 Å². The number of piperazine rings is 1. The van der Waals surface area contributed by atoms with Crippen LogP contribution in [0.4, 0.5) is 0 Å². The molecule has 0 aromatic rings. The summed E-state index contributed by atoms with van der Waals surface area (Å²) >= 11 is 0. The third kappa shape index (κ3) is 3.21. The lowest BCUT2D eigenvalue weighted by Gasteiger charge is -2.40. The standard InChI is InChI=1S/C14H28N2/c1-3-6-14-11-16(12(2)9-15-14)10-13-7-4-5-8-13/h12-15H,3-11H2,1-2H3. The Bertz CT molecular complexity index is 199. The summed E-state index contributed by atoms with van der Waals surface area (Å²) in [6, 6.07) is 1.50. The normalized spacial score (nSPS) is 33.4. The molecule has 1 N–H and O–H groups in total. The summed E-state index contributed by atoms with van der Waals surface area (Å²) in [5.41, 5.74) is 0. The fourth-order valence-corrected chi connectivity index (χ4v) is 3.31. The van der Waals surface area contributed by atoms with Gasteiger partial charge < -0.3 is 5.32 Å². The molecule has 0 radical (unpaired) electrons. The molecule has 1 saturated heterocycles. The average molecular weight is 224 g/mol. The van der Waals surface area contributed by atoms with E-state index in [4.69, 9.17) is 0 Å². The summed E-state index contributed by atoms with van der Waals surface area (Å²) < 4.78 is 0. The summed E-state index contributed by atoms with van der Waals surface area (Å²) in [6.45, 7) is 8.51. The second-order valence-electron chi connectivity index (χ2n) is 5.85. The van der Waals surface area contributed by atoms with Crippen LogP contribution in [0.1, 0.15) is 52.4 Å². The van der Waals surface area contributed by atoms with Gasteiger partial charge in [-0.2, -0.15) is 0 Å². The Balaban J connectivity index is 1.80. The molecule has 2 heteroatoms. The zero-order valence-electron chi connectivity index (χ0n) is 11.0. The van der Waals surface area contributed by atoms with E-state index >= 15 is 0 Å². The van der Waals surface area contributed by atoms with E-state index in [1.54, 1.807) is 0 Å². The van der Waals surface area contributed by atoms with E-state index in [1.165, 1.54) is 58.2 Å². The maximum atomic E-state index is 3.68. The highest BCUT2D eigenvalue weighted by Crippen LogP contribution is 2.26. The maximum Gasteiger partial charge on any atom is 0.0195 e. The Hall–Kier alpha value is -0.0800. The van der Waals surface area contributed by atoms with Gasteiger partial charge in [0.05, 0.1) is 0 Å². The van der Waals surface area contributed by atoms with Crippen LogP contribution in [0.15, 0.2) is 0 Å². The molecule has 0 bridgehead atoms. The van der Waals surface area contributed by atoms with Crippen molar-refractivity contribution in [3.63, 3.8) is 0 Å². The molecule has 1 heterocycles. The largest absolute Gasteiger partial charge is 0.311 e. The van der Waals surface area contributed by atoms with E-state index in [0.717, 1.165) is 18.0 Å². The summed E-state index contributed by atoms with van der Waals surface area (Å²) in [5.74, 6) is 1.00. The van der Waals surface area contributed by atoms with Crippen molar-refractivity contribution < 1.29 is 0 Å². The van der Waals surface area contributed by atoms with E-state index in [1.807, 2.05) is 0 Å². The number of nitrogens with one attached hydrogen (secondary N) is 1. The highest BCUT2D eigenvalue weighted by atomic mass is 15.2. The lowest BCUT2D eigenvalue weighted by molar-refractivity contribution is 0.117. The van der Waals surface area contributed by atoms with Crippen molar-refractivity contribution in [2.75, 3.05) is 19.6 Å². The van der Waals surface area contributed by atoms with Gasteiger partial charge in [0, 0.05) is 31.7 Å². The molecule has 2 aliphatic rings. The van der Waals surface area contributed by atoms with Gasteiger partial charge in [-0.15, -0.1) is 0 Å². The van der Waals surface area contributed by atoms with Crippen molar-refractivity contribution in [1.29, 1.82) is 0 Å². The molecule has 16 heavy (non-hydrogen) atoms. The Morgan fingerprint density at radius 1 is 1.25 bits per heavy atom. The summed E-state index contributed by atoms with van der Waals surface area (Å²) in [6.07, 6.45) is 8.56. The first-order valence-electron chi connectivity index (χ1n) is 7.27. The van der Waals surface area contributed by atoms with Gasteiger partial charge in [-0.3, -0.25) is 4.90 Å². The monoisotopic (exact) mass is 224 g/mol. The molecule has 94 valence electrons. The molecular formula is C14H28N2. The smallest absolute Gasteiger partial charge is 0.0195 e. The van der Waals surface area contributed by atoms with Crippen LogP contribution in [0.3, 0.4) is 0 Å². The van der Waals surface area contributed by atoms with Crippen molar-refractivity contribution in [2.45, 2.75) is 64.5 Å². The van der Waals surface area contributed by atoms with Crippen LogP contribution in [0.2, 0.25) is 0 Å². The van der Waals surface area contributed by atoms with Gasteiger partial charge in [0.15, 0.2) is 0 Å². The molecular weight excluding hydrogens is 196 g/mol. The zero-order chi connectivity index (χ0) is 11.4. The average Bonchev–Trinajstić information content (AvgIpc) is 2.76. The summed E-state index contributed by atoms with van der Waals surface area (Å²) in [7, 11) is 0. The predicted octanol–water partition coefficient (Wildman–Crippen LogP) is 2.64. The van der Waals surface area contributed by atoms with Crippen LogP contribution < -0.4 is 5.32 Å². The van der Waals surface area contributed by atoms with Crippen molar-refractivity contribution >= 4 is 0 Å². The van der Waals surface area contributed by atoms with E-state index < -0.39 is 0 Å². The first-order chi connectivity index (χ1) is 7.79. The minimum absolute atomic E-state index is 0.744. The molecule has 2 rings (SSSR count). The molecule has 1 aliphatic carbocycles. The fraction of sp³-hybridized carbons (Fsp3) is 1.00. The predicted molar refractivity (Wildman–Crippen MR) is 69.7 cm³/mol. The Kier molecular flexibility index (Phi) is 4.66. The van der Waals surface area contributed by atoms with E-state index in [9.17, 15) is 0 Å². The fourth-order valence-electron chi connectivity index (χ4n) is 3.31. The minimum atomic E-state index is 0.744. The molecule has 2 nitrogen and oxygen atoms in total. The number of nitrogens with zero attached hydrogens (tertiary/aromatic N) is 1. The van der Waals surface area contributed by atoms with Crippen LogP contribution >= 0.6 is 0 Å². The molecule has 0 aromatic heterocycles. The van der Waals surface area contributed by atoms with E-state index in [-0.39, 0.29) is 0 Å². The summed E-state index contributed by atoms with van der Waals surface area (Å²) in [4.78, 5) is 2.74. The van der Waals surface area contributed by atoms with E-state index in [2.05, 4.69) is 24.1 Å². The topological polar surface area (TPSA) is 15.3 Å². The number of hydrogen-bond acceptors (Lipinski definition) is 2. The van der Waals surface area contributed by atoms with Crippen molar-refractivity contribution in [1.82, 2.24) is 10.2 Å². The number of hydrogen-bond donors (Lipinski definition) is 1. The lowest BCUT2D eigenvalue weighted by atomic mass is 10.0. The van der Waals surface area contributed by atoms with Gasteiger partial charge in [-0.1, -0.05) is 26.2 Å². The first kappa shape index (κ1) is 12.4. The van der Waals surface area contributed by atoms with Gasteiger partial charge in [0.25, 0.3) is 0 Å². The second kappa shape index (κ2) is 6.02. The third-order valence-electron chi connectivity index (χ3n) is 4.38. The first-order valence-corrected chi connectivity index (χ1v) is 7.27. The molecule has 0 amide bonds. The molecule has 2 unspecified atom stereocenters. The highest BCUT2D eigenvalue weighted by Gasteiger charge is 2.27. The molecule has 2 fully saturated rings. The Labute approximate surface area is 101 Å². The maximum absolute atomic E-state index is 3.68. The van der Waals surface area contributed by atoms with Crippen molar-refractivity contribution in [2.24, 2.45) is 5.92 Å². The van der Waals surface area contributed by atoms with Crippen LogP contribution in [-0.2, 0) is 0 Å². The van der Waals surface area contributed by atoms with Crippen LogP contribution in [0, 0.1) is 5.92 Å². The van der Waals surface area contributed by atoms with Gasteiger partial charge in [-0.25, -0.2) is 0 Å². The molecule has 2 atom stereocenters. The van der Waals surface area contributed by atoms with Crippen molar-refractivity contribution in [3.8, 4) is 0 Å². The third-order valence-corrected chi connectivity index (χ3v) is 4.38. The zero-order valence-corrected chi connectivity index (χ0v) is 11.0. The van der Waals surface area contributed by atoms with Crippen LogP contribution in [0.25, 0.3) is 0 Å². The minimum Gasteiger partial charge on any atom is -0.311 e. The van der Waals surface area contributed by atoms with Crippen LogP contribution in [-0.4, -0.2) is 36.6 Å². The van der Waals surface area contributed by atoms with E-state index in [0.29, 0.717) is 0 Å². The second-order valence-corrected chi connectivity index (χ2v) is 5.85. The Morgan fingerprint density at radius 2 is 2.00 bits per heavy atom. The van der Waals surface area contributed by atoms with Gasteiger partial charge in [0.1, 0.15) is 0 Å². The quantitative estimate of drug-likeness (QED) is 0.790. The molecule has 0 aromatic carbocycles. The van der Waals surface area contributed by atoms with Gasteiger partial charge >= 0.3 is 0 Å². The number of rotatable bonds is 4. The molecule has 1 saturated carbocycles. The van der Waals surface area contributed by atoms with Gasteiger partial charge in [0.2, 0.25) is 0 Å². The molecule has 0 spiro atoms. The lowest BCUT2D eigenvalue weighted by Crippen LogP contribution is -2.56. The summed E-state index contributed by atoms with van der Waals surface area (Å²) in [5, 5.41) is 3.68. The van der Waals surface area contributed by atoms with Gasteiger partial charge in [-0.05, 0) is 32.1 Å².